The lowest BCUT2D eigenvalue weighted by atomic mass is 10.2. The summed E-state index contributed by atoms with van der Waals surface area (Å²) in [5, 5.41) is 3.14. The zero-order valence-corrected chi connectivity index (χ0v) is 10.7. The van der Waals surface area contributed by atoms with Gasteiger partial charge in [-0.05, 0) is 13.1 Å². The summed E-state index contributed by atoms with van der Waals surface area (Å²) in [6.45, 7) is 1.86. The van der Waals surface area contributed by atoms with Crippen molar-refractivity contribution in [2.24, 2.45) is 0 Å². The number of imidazole rings is 1. The smallest absolute Gasteiger partial charge is 0.0951 e. The molecule has 2 rings (SSSR count). The maximum atomic E-state index is 4.21. The number of rotatable bonds is 4. The molecule has 1 aromatic carbocycles. The second-order valence-electron chi connectivity index (χ2n) is 3.56. The van der Waals surface area contributed by atoms with Crippen molar-refractivity contribution in [1.29, 1.82) is 0 Å². The maximum absolute atomic E-state index is 4.21. The lowest BCUT2D eigenvalue weighted by Gasteiger charge is -2.09. The average molecular weight is 280 g/mol. The topological polar surface area (TPSA) is 29.9 Å². The minimum atomic E-state index is 0.924. The SMILES string of the molecule is CNCCn1cncc1-c1ccccc1Br. The van der Waals surface area contributed by atoms with Gasteiger partial charge in [0, 0.05) is 23.1 Å². The molecule has 16 heavy (non-hydrogen) atoms. The first-order chi connectivity index (χ1) is 7.83. The highest BCUT2D eigenvalue weighted by molar-refractivity contribution is 9.10. The number of halogens is 1. The third kappa shape index (κ3) is 2.33. The van der Waals surface area contributed by atoms with E-state index < -0.39 is 0 Å². The number of likely N-dealkylation sites (N-methyl/N-ethyl adjacent to an activating group) is 1. The summed E-state index contributed by atoms with van der Waals surface area (Å²) in [5.41, 5.74) is 2.32. The minimum absolute atomic E-state index is 0.924. The highest BCUT2D eigenvalue weighted by Crippen LogP contribution is 2.27. The number of benzene rings is 1. The predicted molar refractivity (Wildman–Crippen MR) is 69.3 cm³/mol. The molecule has 0 radical (unpaired) electrons. The van der Waals surface area contributed by atoms with E-state index >= 15 is 0 Å². The van der Waals surface area contributed by atoms with Gasteiger partial charge in [0.1, 0.15) is 0 Å². The van der Waals surface area contributed by atoms with Crippen LogP contribution in [0.3, 0.4) is 0 Å². The molecule has 0 aliphatic carbocycles. The lowest BCUT2D eigenvalue weighted by molar-refractivity contribution is 0.648. The van der Waals surface area contributed by atoms with E-state index in [4.69, 9.17) is 0 Å². The van der Waals surface area contributed by atoms with Crippen molar-refractivity contribution < 1.29 is 0 Å². The van der Waals surface area contributed by atoms with Gasteiger partial charge in [-0.1, -0.05) is 34.1 Å². The third-order valence-electron chi connectivity index (χ3n) is 2.46. The van der Waals surface area contributed by atoms with Gasteiger partial charge in [-0.25, -0.2) is 4.98 Å². The number of nitrogens with one attached hydrogen (secondary N) is 1. The van der Waals surface area contributed by atoms with E-state index in [2.05, 4.69) is 36.9 Å². The normalized spacial score (nSPS) is 10.6. The predicted octanol–water partition coefficient (Wildman–Crippen LogP) is 2.53. The zero-order valence-electron chi connectivity index (χ0n) is 9.15. The van der Waals surface area contributed by atoms with Crippen molar-refractivity contribution >= 4 is 15.9 Å². The summed E-state index contributed by atoms with van der Waals surface area (Å²) in [5.74, 6) is 0. The molecule has 0 bridgehead atoms. The molecule has 2 aromatic rings. The first-order valence-electron chi connectivity index (χ1n) is 5.22. The van der Waals surface area contributed by atoms with E-state index in [9.17, 15) is 0 Å². The van der Waals surface area contributed by atoms with Gasteiger partial charge < -0.3 is 9.88 Å². The van der Waals surface area contributed by atoms with Crippen LogP contribution in [0.5, 0.6) is 0 Å². The molecule has 0 saturated carbocycles. The van der Waals surface area contributed by atoms with E-state index in [-0.39, 0.29) is 0 Å². The quantitative estimate of drug-likeness (QED) is 0.932. The number of hydrogen-bond acceptors (Lipinski definition) is 2. The second kappa shape index (κ2) is 5.27. The Morgan fingerprint density at radius 3 is 2.94 bits per heavy atom. The first-order valence-corrected chi connectivity index (χ1v) is 6.02. The van der Waals surface area contributed by atoms with Crippen LogP contribution >= 0.6 is 15.9 Å². The van der Waals surface area contributed by atoms with Crippen LogP contribution in [0.4, 0.5) is 0 Å². The van der Waals surface area contributed by atoms with Gasteiger partial charge in [-0.3, -0.25) is 0 Å². The van der Waals surface area contributed by atoms with Gasteiger partial charge in [-0.15, -0.1) is 0 Å². The van der Waals surface area contributed by atoms with E-state index in [1.807, 2.05) is 37.8 Å². The third-order valence-corrected chi connectivity index (χ3v) is 3.16. The van der Waals surface area contributed by atoms with E-state index in [1.165, 1.54) is 5.56 Å². The van der Waals surface area contributed by atoms with Crippen molar-refractivity contribution in [3.05, 3.63) is 41.3 Å². The highest BCUT2D eigenvalue weighted by Gasteiger charge is 2.07. The molecule has 0 saturated heterocycles. The molecule has 0 aliphatic rings. The Labute approximate surface area is 104 Å². The molecule has 0 spiro atoms. The average Bonchev–Trinajstić information content (AvgIpc) is 2.75. The molecule has 1 heterocycles. The van der Waals surface area contributed by atoms with E-state index in [0.717, 1.165) is 23.3 Å². The maximum Gasteiger partial charge on any atom is 0.0951 e. The van der Waals surface area contributed by atoms with E-state index in [1.54, 1.807) is 0 Å². The zero-order chi connectivity index (χ0) is 11.4. The Bertz CT molecular complexity index is 465. The molecule has 0 atom stereocenters. The standard InChI is InChI=1S/C12H14BrN3/c1-14-6-7-16-9-15-8-12(16)10-4-2-3-5-11(10)13/h2-5,8-9,14H,6-7H2,1H3. The van der Waals surface area contributed by atoms with Crippen molar-refractivity contribution in [3.8, 4) is 11.3 Å². The second-order valence-corrected chi connectivity index (χ2v) is 4.41. The fourth-order valence-electron chi connectivity index (χ4n) is 1.62. The van der Waals surface area contributed by atoms with Crippen molar-refractivity contribution in [2.45, 2.75) is 6.54 Å². The van der Waals surface area contributed by atoms with Gasteiger partial charge in [0.2, 0.25) is 0 Å². The number of aromatic nitrogens is 2. The van der Waals surface area contributed by atoms with Crippen LogP contribution < -0.4 is 5.32 Å². The molecule has 0 fully saturated rings. The van der Waals surface area contributed by atoms with Crippen LogP contribution in [-0.4, -0.2) is 23.1 Å². The fraction of sp³-hybridized carbons (Fsp3) is 0.250. The van der Waals surface area contributed by atoms with Crippen LogP contribution in [-0.2, 0) is 6.54 Å². The van der Waals surface area contributed by atoms with Gasteiger partial charge >= 0.3 is 0 Å². The Morgan fingerprint density at radius 1 is 1.38 bits per heavy atom. The van der Waals surface area contributed by atoms with Crippen LogP contribution in [0.1, 0.15) is 0 Å². The van der Waals surface area contributed by atoms with Crippen LogP contribution in [0.15, 0.2) is 41.3 Å². The molecule has 1 N–H and O–H groups in total. The molecule has 0 unspecified atom stereocenters. The monoisotopic (exact) mass is 279 g/mol. The van der Waals surface area contributed by atoms with Crippen molar-refractivity contribution in [1.82, 2.24) is 14.9 Å². The molecule has 0 amide bonds. The number of hydrogen-bond donors (Lipinski definition) is 1. The molecular formula is C12H14BrN3. The van der Waals surface area contributed by atoms with Crippen molar-refractivity contribution in [3.63, 3.8) is 0 Å². The molecule has 84 valence electrons. The molecule has 0 aliphatic heterocycles. The summed E-state index contributed by atoms with van der Waals surface area (Å²) in [6.07, 6.45) is 3.77. The number of nitrogens with zero attached hydrogens (tertiary/aromatic N) is 2. The van der Waals surface area contributed by atoms with Gasteiger partial charge in [0.05, 0.1) is 18.2 Å². The molecule has 3 nitrogen and oxygen atoms in total. The Balaban J connectivity index is 2.33. The van der Waals surface area contributed by atoms with Crippen molar-refractivity contribution in [2.75, 3.05) is 13.6 Å². The van der Waals surface area contributed by atoms with Gasteiger partial charge in [0.15, 0.2) is 0 Å². The van der Waals surface area contributed by atoms with Crippen LogP contribution in [0, 0.1) is 0 Å². The van der Waals surface area contributed by atoms with Gasteiger partial charge in [-0.2, -0.15) is 0 Å². The highest BCUT2D eigenvalue weighted by atomic mass is 79.9. The van der Waals surface area contributed by atoms with E-state index in [0.29, 0.717) is 0 Å². The largest absolute Gasteiger partial charge is 0.329 e. The summed E-state index contributed by atoms with van der Waals surface area (Å²) in [6, 6.07) is 8.19. The molecular weight excluding hydrogens is 266 g/mol. The summed E-state index contributed by atoms with van der Waals surface area (Å²) >= 11 is 3.56. The lowest BCUT2D eigenvalue weighted by Crippen LogP contribution is -2.14. The van der Waals surface area contributed by atoms with Gasteiger partial charge in [0.25, 0.3) is 0 Å². The minimum Gasteiger partial charge on any atom is -0.329 e. The van der Waals surface area contributed by atoms with Crippen LogP contribution in [0.2, 0.25) is 0 Å². The Kier molecular flexibility index (Phi) is 3.74. The summed E-state index contributed by atoms with van der Waals surface area (Å²) in [4.78, 5) is 4.21. The molecule has 4 heteroatoms. The first kappa shape index (κ1) is 11.4. The summed E-state index contributed by atoms with van der Waals surface area (Å²) in [7, 11) is 1.95. The fourth-order valence-corrected chi connectivity index (χ4v) is 2.11. The Hall–Kier alpha value is -1.13. The van der Waals surface area contributed by atoms with Crippen LogP contribution in [0.25, 0.3) is 11.3 Å². The molecule has 1 aromatic heterocycles. The Morgan fingerprint density at radius 2 is 2.19 bits per heavy atom. The summed E-state index contributed by atoms with van der Waals surface area (Å²) < 4.78 is 3.25.